The molecule has 0 aliphatic rings. The lowest BCUT2D eigenvalue weighted by Gasteiger charge is -2.17. The first-order valence-corrected chi connectivity index (χ1v) is 7.16. The Morgan fingerprint density at radius 1 is 1.39 bits per heavy atom. The van der Waals surface area contributed by atoms with Crippen molar-refractivity contribution in [2.24, 2.45) is 0 Å². The summed E-state index contributed by atoms with van der Waals surface area (Å²) in [7, 11) is 1.73. The van der Waals surface area contributed by atoms with E-state index in [1.165, 1.54) is 0 Å². The summed E-state index contributed by atoms with van der Waals surface area (Å²) in [4.78, 5) is 0. The Bertz CT molecular complexity index is 333. The van der Waals surface area contributed by atoms with E-state index in [0.717, 1.165) is 36.2 Å². The third-order valence-electron chi connectivity index (χ3n) is 2.58. The third kappa shape index (κ3) is 6.38. The van der Waals surface area contributed by atoms with Crippen molar-refractivity contribution in [3.8, 4) is 5.75 Å². The van der Waals surface area contributed by atoms with Crippen LogP contribution in [0.25, 0.3) is 0 Å². The first kappa shape index (κ1) is 15.5. The standard InChI is InChI=1S/C14H22BrNO2/c1-3-8-16-13(11-17-2)7-9-18-14-6-4-5-12(15)10-14/h4-6,10,13,16H,3,7-9,11H2,1-2H3. The van der Waals surface area contributed by atoms with Crippen molar-refractivity contribution in [1.29, 1.82) is 0 Å². The summed E-state index contributed by atoms with van der Waals surface area (Å²) in [5, 5.41) is 3.45. The highest BCUT2D eigenvalue weighted by molar-refractivity contribution is 9.10. The van der Waals surface area contributed by atoms with Gasteiger partial charge < -0.3 is 14.8 Å². The quantitative estimate of drug-likeness (QED) is 0.759. The summed E-state index contributed by atoms with van der Waals surface area (Å²) in [6.45, 7) is 4.60. The van der Waals surface area contributed by atoms with Crippen molar-refractivity contribution >= 4 is 15.9 Å². The van der Waals surface area contributed by atoms with E-state index in [9.17, 15) is 0 Å². The van der Waals surface area contributed by atoms with Gasteiger partial charge >= 0.3 is 0 Å². The van der Waals surface area contributed by atoms with Crippen molar-refractivity contribution in [3.05, 3.63) is 28.7 Å². The molecule has 0 aromatic heterocycles. The zero-order valence-corrected chi connectivity index (χ0v) is 12.7. The van der Waals surface area contributed by atoms with Gasteiger partial charge in [0.1, 0.15) is 5.75 Å². The molecule has 0 heterocycles. The average Bonchev–Trinajstić information content (AvgIpc) is 2.36. The number of halogens is 1. The molecular formula is C14H22BrNO2. The van der Waals surface area contributed by atoms with E-state index in [4.69, 9.17) is 9.47 Å². The Morgan fingerprint density at radius 3 is 2.89 bits per heavy atom. The molecule has 1 aromatic carbocycles. The summed E-state index contributed by atoms with van der Waals surface area (Å²) in [5.74, 6) is 0.899. The minimum Gasteiger partial charge on any atom is -0.493 e. The van der Waals surface area contributed by atoms with E-state index in [0.29, 0.717) is 12.6 Å². The van der Waals surface area contributed by atoms with Gasteiger partial charge in [0.05, 0.1) is 13.2 Å². The van der Waals surface area contributed by atoms with Gasteiger partial charge in [0.2, 0.25) is 0 Å². The Hall–Kier alpha value is -0.580. The minimum absolute atomic E-state index is 0.363. The van der Waals surface area contributed by atoms with Gasteiger partial charge in [-0.2, -0.15) is 0 Å². The van der Waals surface area contributed by atoms with Crippen molar-refractivity contribution in [2.75, 3.05) is 26.9 Å². The maximum absolute atomic E-state index is 5.72. The summed E-state index contributed by atoms with van der Waals surface area (Å²) < 4.78 is 12.0. The second-order valence-electron chi connectivity index (χ2n) is 4.20. The zero-order chi connectivity index (χ0) is 13.2. The third-order valence-corrected chi connectivity index (χ3v) is 3.08. The molecule has 0 bridgehead atoms. The largest absolute Gasteiger partial charge is 0.493 e. The lowest BCUT2D eigenvalue weighted by molar-refractivity contribution is 0.152. The van der Waals surface area contributed by atoms with Crippen LogP contribution < -0.4 is 10.1 Å². The van der Waals surface area contributed by atoms with Crippen LogP contribution in [0, 0.1) is 0 Å². The van der Waals surface area contributed by atoms with E-state index in [1.807, 2.05) is 24.3 Å². The monoisotopic (exact) mass is 315 g/mol. The molecule has 0 radical (unpaired) electrons. The number of rotatable bonds is 9. The Morgan fingerprint density at radius 2 is 2.22 bits per heavy atom. The summed E-state index contributed by atoms with van der Waals surface area (Å²) in [6, 6.07) is 8.27. The van der Waals surface area contributed by atoms with Crippen molar-refractivity contribution in [2.45, 2.75) is 25.8 Å². The molecule has 1 rings (SSSR count). The second-order valence-corrected chi connectivity index (χ2v) is 5.12. The molecule has 0 amide bonds. The molecule has 0 aliphatic carbocycles. The minimum atomic E-state index is 0.363. The van der Waals surface area contributed by atoms with Crippen LogP contribution in [0.15, 0.2) is 28.7 Å². The van der Waals surface area contributed by atoms with Crippen LogP contribution in [0.4, 0.5) is 0 Å². The van der Waals surface area contributed by atoms with E-state index in [-0.39, 0.29) is 0 Å². The fourth-order valence-corrected chi connectivity index (χ4v) is 2.05. The molecule has 0 fully saturated rings. The lowest BCUT2D eigenvalue weighted by Crippen LogP contribution is -2.35. The van der Waals surface area contributed by atoms with Crippen LogP contribution in [-0.4, -0.2) is 32.9 Å². The number of ether oxygens (including phenoxy) is 2. The predicted octanol–water partition coefficient (Wildman–Crippen LogP) is 3.23. The van der Waals surface area contributed by atoms with Gasteiger partial charge in [-0.3, -0.25) is 0 Å². The average molecular weight is 316 g/mol. The second kappa shape index (κ2) is 9.36. The molecule has 0 spiro atoms. The molecule has 102 valence electrons. The van der Waals surface area contributed by atoms with Crippen molar-refractivity contribution < 1.29 is 9.47 Å². The van der Waals surface area contributed by atoms with Gasteiger partial charge in [-0.15, -0.1) is 0 Å². The van der Waals surface area contributed by atoms with Gasteiger partial charge in [-0.25, -0.2) is 0 Å². The first-order valence-electron chi connectivity index (χ1n) is 6.37. The number of hydrogen-bond donors (Lipinski definition) is 1. The van der Waals surface area contributed by atoms with Crippen LogP contribution in [0.2, 0.25) is 0 Å². The highest BCUT2D eigenvalue weighted by atomic mass is 79.9. The van der Waals surface area contributed by atoms with Crippen molar-refractivity contribution in [1.82, 2.24) is 5.32 Å². The van der Waals surface area contributed by atoms with E-state index < -0.39 is 0 Å². The summed E-state index contributed by atoms with van der Waals surface area (Å²) in [6.07, 6.45) is 2.08. The molecule has 1 unspecified atom stereocenters. The fraction of sp³-hybridized carbons (Fsp3) is 0.571. The van der Waals surface area contributed by atoms with Gasteiger partial charge in [0.15, 0.2) is 0 Å². The maximum atomic E-state index is 5.72. The molecule has 0 aliphatic heterocycles. The maximum Gasteiger partial charge on any atom is 0.120 e. The Balaban J connectivity index is 2.29. The lowest BCUT2D eigenvalue weighted by atomic mass is 10.2. The molecular weight excluding hydrogens is 294 g/mol. The molecule has 18 heavy (non-hydrogen) atoms. The van der Waals surface area contributed by atoms with Crippen LogP contribution in [-0.2, 0) is 4.74 Å². The number of benzene rings is 1. The number of hydrogen-bond acceptors (Lipinski definition) is 3. The molecule has 3 nitrogen and oxygen atoms in total. The molecule has 0 saturated heterocycles. The highest BCUT2D eigenvalue weighted by Gasteiger charge is 2.07. The van der Waals surface area contributed by atoms with Gasteiger partial charge in [-0.05, 0) is 37.6 Å². The van der Waals surface area contributed by atoms with Gasteiger partial charge in [0.25, 0.3) is 0 Å². The summed E-state index contributed by atoms with van der Waals surface area (Å²) >= 11 is 3.43. The zero-order valence-electron chi connectivity index (χ0n) is 11.1. The Labute approximate surface area is 118 Å². The first-order chi connectivity index (χ1) is 8.76. The van der Waals surface area contributed by atoms with Crippen LogP contribution in [0.3, 0.4) is 0 Å². The topological polar surface area (TPSA) is 30.5 Å². The van der Waals surface area contributed by atoms with E-state index in [2.05, 4.69) is 28.2 Å². The predicted molar refractivity (Wildman–Crippen MR) is 78.2 cm³/mol. The van der Waals surface area contributed by atoms with Crippen LogP contribution in [0.5, 0.6) is 5.75 Å². The smallest absolute Gasteiger partial charge is 0.120 e. The van der Waals surface area contributed by atoms with E-state index >= 15 is 0 Å². The molecule has 1 atom stereocenters. The van der Waals surface area contributed by atoms with E-state index in [1.54, 1.807) is 7.11 Å². The number of methoxy groups -OCH3 is 1. The van der Waals surface area contributed by atoms with Gasteiger partial charge in [0, 0.05) is 17.6 Å². The molecule has 1 N–H and O–H groups in total. The van der Waals surface area contributed by atoms with Gasteiger partial charge in [-0.1, -0.05) is 28.9 Å². The molecule has 1 aromatic rings. The Kier molecular flexibility index (Phi) is 8.05. The molecule has 0 saturated carbocycles. The van der Waals surface area contributed by atoms with Crippen molar-refractivity contribution in [3.63, 3.8) is 0 Å². The van der Waals surface area contributed by atoms with Crippen LogP contribution in [0.1, 0.15) is 19.8 Å². The van der Waals surface area contributed by atoms with Crippen LogP contribution >= 0.6 is 15.9 Å². The highest BCUT2D eigenvalue weighted by Crippen LogP contribution is 2.17. The number of nitrogens with one attached hydrogen (secondary N) is 1. The fourth-order valence-electron chi connectivity index (χ4n) is 1.67. The molecule has 4 heteroatoms. The SMILES string of the molecule is CCCNC(CCOc1cccc(Br)c1)COC. The summed E-state index contributed by atoms with van der Waals surface area (Å²) in [5.41, 5.74) is 0. The normalized spacial score (nSPS) is 12.4.